The maximum absolute atomic E-state index is 9.32. The molecule has 0 radical (unpaired) electrons. The zero-order valence-corrected chi connectivity index (χ0v) is 17.6. The Morgan fingerprint density at radius 2 is 2.06 bits per heavy atom. The van der Waals surface area contributed by atoms with E-state index in [4.69, 9.17) is 11.1 Å². The molecule has 1 aliphatic heterocycles. The zero-order valence-electron chi connectivity index (χ0n) is 17.6. The van der Waals surface area contributed by atoms with E-state index >= 15 is 0 Å². The molecule has 158 valence electrons. The third-order valence-corrected chi connectivity index (χ3v) is 5.06. The SMILES string of the molecule is CCn1nccc1C1=C(c2cccc(C#N)c2)N=C(N)/C(=C/NCc2ccccn2)C1=N. The molecule has 1 aromatic carbocycles. The van der Waals surface area contributed by atoms with Gasteiger partial charge in [-0.25, -0.2) is 4.99 Å². The van der Waals surface area contributed by atoms with Crippen molar-refractivity contribution in [3.8, 4) is 6.07 Å². The summed E-state index contributed by atoms with van der Waals surface area (Å²) in [4.78, 5) is 8.95. The van der Waals surface area contributed by atoms with Crippen molar-refractivity contribution in [3.63, 3.8) is 0 Å². The molecule has 32 heavy (non-hydrogen) atoms. The Bertz CT molecular complexity index is 1290. The summed E-state index contributed by atoms with van der Waals surface area (Å²) in [6.45, 7) is 3.12. The molecule has 3 aromatic rings. The Hall–Kier alpha value is -4.51. The first-order valence-corrected chi connectivity index (χ1v) is 10.2. The van der Waals surface area contributed by atoms with Gasteiger partial charge >= 0.3 is 0 Å². The van der Waals surface area contributed by atoms with Crippen LogP contribution in [-0.2, 0) is 13.1 Å². The number of nitriles is 1. The fraction of sp³-hybridized carbons (Fsp3) is 0.125. The summed E-state index contributed by atoms with van der Waals surface area (Å²) in [6.07, 6.45) is 5.13. The molecule has 2 aromatic heterocycles. The minimum absolute atomic E-state index is 0.229. The summed E-state index contributed by atoms with van der Waals surface area (Å²) >= 11 is 0. The van der Waals surface area contributed by atoms with Crippen LogP contribution in [0.5, 0.6) is 0 Å². The molecule has 8 nitrogen and oxygen atoms in total. The molecule has 0 spiro atoms. The van der Waals surface area contributed by atoms with Crippen molar-refractivity contribution < 1.29 is 0 Å². The lowest BCUT2D eigenvalue weighted by atomic mass is 9.91. The van der Waals surface area contributed by atoms with Crippen LogP contribution in [0.1, 0.15) is 29.4 Å². The first-order valence-electron chi connectivity index (χ1n) is 10.2. The molecule has 0 unspecified atom stereocenters. The first kappa shape index (κ1) is 20.8. The number of rotatable bonds is 6. The Morgan fingerprint density at radius 1 is 1.19 bits per heavy atom. The van der Waals surface area contributed by atoms with E-state index in [9.17, 15) is 5.26 Å². The number of amidine groups is 1. The van der Waals surface area contributed by atoms with Crippen LogP contribution in [0.4, 0.5) is 0 Å². The van der Waals surface area contributed by atoms with Crippen LogP contribution < -0.4 is 11.1 Å². The number of aryl methyl sites for hydroxylation is 1. The van der Waals surface area contributed by atoms with Crippen molar-refractivity contribution in [1.29, 1.82) is 10.7 Å². The van der Waals surface area contributed by atoms with Gasteiger partial charge in [-0.15, -0.1) is 0 Å². The van der Waals surface area contributed by atoms with Gasteiger partial charge in [-0.2, -0.15) is 10.4 Å². The number of allylic oxidation sites excluding steroid dienone is 1. The Labute approximate surface area is 185 Å². The second-order valence-electron chi connectivity index (χ2n) is 7.08. The van der Waals surface area contributed by atoms with Crippen molar-refractivity contribution in [2.24, 2.45) is 10.7 Å². The van der Waals surface area contributed by atoms with E-state index in [0.717, 1.165) is 17.0 Å². The number of pyridine rings is 1. The van der Waals surface area contributed by atoms with Gasteiger partial charge in [-0.3, -0.25) is 15.1 Å². The lowest BCUT2D eigenvalue weighted by Crippen LogP contribution is -2.28. The number of nitrogens with two attached hydrogens (primary N) is 1. The van der Waals surface area contributed by atoms with E-state index < -0.39 is 0 Å². The van der Waals surface area contributed by atoms with Crippen LogP contribution in [0.2, 0.25) is 0 Å². The standard InChI is InChI=1S/C24H22N8/c1-2-32-20(9-11-30-32)21-22(26)19(15-28-14-18-8-3-4-10-29-18)24(27)31-23(21)17-7-5-6-16(12-17)13-25/h3-12,15,26,28H,2,14H2,1H3,(H2,27,31)/b19-15+,26-22?. The normalized spacial score (nSPS) is 14.9. The van der Waals surface area contributed by atoms with Gasteiger partial charge in [-0.05, 0) is 37.3 Å². The second kappa shape index (κ2) is 9.10. The predicted octanol–water partition coefficient (Wildman–Crippen LogP) is 3.10. The average molecular weight is 422 g/mol. The number of aromatic nitrogens is 3. The number of hydrogen-bond acceptors (Lipinski definition) is 7. The maximum atomic E-state index is 9.32. The van der Waals surface area contributed by atoms with E-state index in [1.165, 1.54) is 0 Å². The molecular weight excluding hydrogens is 400 g/mol. The third kappa shape index (κ3) is 4.04. The van der Waals surface area contributed by atoms with Crippen LogP contribution in [0, 0.1) is 16.7 Å². The van der Waals surface area contributed by atoms with Gasteiger partial charge in [0.1, 0.15) is 5.84 Å². The van der Waals surface area contributed by atoms with Crippen molar-refractivity contribution in [2.45, 2.75) is 20.0 Å². The lowest BCUT2D eigenvalue weighted by molar-refractivity contribution is 0.652. The second-order valence-corrected chi connectivity index (χ2v) is 7.08. The number of benzene rings is 1. The van der Waals surface area contributed by atoms with Crippen molar-refractivity contribution in [2.75, 3.05) is 0 Å². The van der Waals surface area contributed by atoms with Gasteiger partial charge in [0.05, 0.1) is 52.1 Å². The number of nitrogens with one attached hydrogen (secondary N) is 2. The quantitative estimate of drug-likeness (QED) is 0.562. The molecule has 4 N–H and O–H groups in total. The summed E-state index contributed by atoms with van der Waals surface area (Å²) in [5, 5.41) is 25.9. The van der Waals surface area contributed by atoms with Gasteiger partial charge in [0.25, 0.3) is 0 Å². The van der Waals surface area contributed by atoms with E-state index in [2.05, 4.69) is 26.5 Å². The fourth-order valence-corrected chi connectivity index (χ4v) is 3.52. The van der Waals surface area contributed by atoms with Gasteiger partial charge in [0.2, 0.25) is 0 Å². The zero-order chi connectivity index (χ0) is 22.5. The van der Waals surface area contributed by atoms with Crippen molar-refractivity contribution in [1.82, 2.24) is 20.1 Å². The third-order valence-electron chi connectivity index (χ3n) is 5.06. The average Bonchev–Trinajstić information content (AvgIpc) is 3.30. The largest absolute Gasteiger partial charge is 0.385 e. The lowest BCUT2D eigenvalue weighted by Gasteiger charge is -2.22. The van der Waals surface area contributed by atoms with Crippen molar-refractivity contribution in [3.05, 3.63) is 95.2 Å². The molecule has 4 rings (SSSR count). The van der Waals surface area contributed by atoms with Crippen LogP contribution in [0.25, 0.3) is 11.3 Å². The molecule has 0 bridgehead atoms. The van der Waals surface area contributed by atoms with Crippen LogP contribution in [-0.4, -0.2) is 26.3 Å². The van der Waals surface area contributed by atoms with Gasteiger partial charge in [0, 0.05) is 30.7 Å². The van der Waals surface area contributed by atoms with Gasteiger partial charge < -0.3 is 11.1 Å². The highest BCUT2D eigenvalue weighted by atomic mass is 15.3. The highest BCUT2D eigenvalue weighted by molar-refractivity contribution is 6.45. The van der Waals surface area contributed by atoms with E-state index in [-0.39, 0.29) is 11.5 Å². The number of aliphatic imine (C=N–C) groups is 1. The Kier molecular flexibility index (Phi) is 5.90. The van der Waals surface area contributed by atoms with E-state index in [1.807, 2.05) is 41.9 Å². The highest BCUT2D eigenvalue weighted by Gasteiger charge is 2.28. The Morgan fingerprint density at radius 3 is 2.81 bits per heavy atom. The highest BCUT2D eigenvalue weighted by Crippen LogP contribution is 2.34. The Balaban J connectivity index is 1.78. The molecule has 0 saturated heterocycles. The smallest absolute Gasteiger partial charge is 0.135 e. The molecule has 0 atom stereocenters. The van der Waals surface area contributed by atoms with Crippen molar-refractivity contribution >= 4 is 22.8 Å². The fourth-order valence-electron chi connectivity index (χ4n) is 3.52. The molecule has 0 aliphatic carbocycles. The number of nitrogens with zero attached hydrogens (tertiary/aromatic N) is 5. The van der Waals surface area contributed by atoms with E-state index in [1.54, 1.807) is 36.8 Å². The van der Waals surface area contributed by atoms with Gasteiger partial charge in [-0.1, -0.05) is 18.2 Å². The monoisotopic (exact) mass is 422 g/mol. The maximum Gasteiger partial charge on any atom is 0.135 e. The van der Waals surface area contributed by atoms with Crippen LogP contribution in [0.15, 0.2) is 77.7 Å². The molecular formula is C24H22N8. The van der Waals surface area contributed by atoms with Gasteiger partial charge in [0.15, 0.2) is 0 Å². The van der Waals surface area contributed by atoms with E-state index in [0.29, 0.717) is 35.5 Å². The molecule has 0 fully saturated rings. The summed E-state index contributed by atoms with van der Waals surface area (Å²) < 4.78 is 1.81. The predicted molar refractivity (Wildman–Crippen MR) is 124 cm³/mol. The number of hydrogen-bond donors (Lipinski definition) is 3. The molecule has 8 heteroatoms. The molecule has 1 aliphatic rings. The molecule has 0 amide bonds. The minimum atomic E-state index is 0.229. The summed E-state index contributed by atoms with van der Waals surface area (Å²) in [5.74, 6) is 0.229. The topological polar surface area (TPSA) is 129 Å². The summed E-state index contributed by atoms with van der Waals surface area (Å²) in [5.41, 5.74) is 11.0. The van der Waals surface area contributed by atoms with Crippen LogP contribution >= 0.6 is 0 Å². The molecule has 3 heterocycles. The summed E-state index contributed by atoms with van der Waals surface area (Å²) in [7, 11) is 0. The van der Waals surface area contributed by atoms with Crippen LogP contribution in [0.3, 0.4) is 0 Å². The summed E-state index contributed by atoms with van der Waals surface area (Å²) in [6, 6.07) is 16.8. The minimum Gasteiger partial charge on any atom is -0.385 e. The first-order chi connectivity index (χ1) is 15.6. The molecule has 0 saturated carbocycles.